The number of benzene rings is 3. The van der Waals surface area contributed by atoms with Crippen molar-refractivity contribution in [2.45, 2.75) is 19.3 Å². The van der Waals surface area contributed by atoms with Crippen molar-refractivity contribution < 1.29 is 23.8 Å². The van der Waals surface area contributed by atoms with Crippen molar-refractivity contribution in [2.75, 3.05) is 40.0 Å². The summed E-state index contributed by atoms with van der Waals surface area (Å²) >= 11 is 0. The average molecular weight is 596 g/mol. The van der Waals surface area contributed by atoms with E-state index in [0.29, 0.717) is 56.2 Å². The van der Waals surface area contributed by atoms with Crippen LogP contribution in [0, 0.1) is 0 Å². The molecule has 0 atom stereocenters. The summed E-state index contributed by atoms with van der Waals surface area (Å²) in [6.45, 7) is 0.800. The van der Waals surface area contributed by atoms with E-state index in [9.17, 15) is 9.59 Å². The largest absolute Gasteiger partial charge is 0.493 e. The predicted octanol–water partition coefficient (Wildman–Crippen LogP) is 3.09. The molecule has 1 aliphatic heterocycles. The number of carbonyl (C=O) groups excluding carboxylic acids is 2. The fraction of sp³-hybridized carbons (Fsp3) is 0.281. The maximum atomic E-state index is 13.3. The molecule has 12 nitrogen and oxygen atoms in total. The Kier molecular flexibility index (Phi) is 8.67. The second-order valence-electron chi connectivity index (χ2n) is 10.4. The van der Waals surface area contributed by atoms with Crippen LogP contribution < -0.4 is 19.5 Å². The summed E-state index contributed by atoms with van der Waals surface area (Å²) in [4.78, 5) is 31.3. The zero-order valence-electron chi connectivity index (χ0n) is 24.4. The topological polar surface area (TPSA) is 136 Å². The number of H-pyrrole nitrogens is 1. The molecule has 44 heavy (non-hydrogen) atoms. The van der Waals surface area contributed by atoms with Crippen molar-refractivity contribution in [1.29, 1.82) is 0 Å². The average Bonchev–Trinajstić information content (AvgIpc) is 3.70. The predicted molar refractivity (Wildman–Crippen MR) is 162 cm³/mol. The number of methoxy groups -OCH3 is 1. The number of aromatic nitrogens is 5. The molecule has 226 valence electrons. The third-order valence-electron chi connectivity index (χ3n) is 7.54. The standard InChI is InChI=1S/C32H33N7O5/c1-42-29-12-7-22-17-28-26(25-5-2-3-6-27(25)35-28)13-14-33-31(40)19-38(15-4-16-43-30(29)18-22)32(41)20-44-24-10-8-23(9-11-24)39-21-34-36-37-39/h2-3,5-12,18,21,35H,4,13-17,19-20H2,1H3,(H,33,40). The molecule has 0 saturated heterocycles. The number of ether oxygens (including phenoxy) is 3. The maximum Gasteiger partial charge on any atom is 0.260 e. The van der Waals surface area contributed by atoms with Gasteiger partial charge in [-0.2, -0.15) is 0 Å². The molecule has 2 bridgehead atoms. The summed E-state index contributed by atoms with van der Waals surface area (Å²) < 4.78 is 19.0. The van der Waals surface area contributed by atoms with E-state index >= 15 is 0 Å². The number of nitrogens with zero attached hydrogens (tertiary/aromatic N) is 5. The minimum Gasteiger partial charge on any atom is -0.493 e. The molecule has 0 radical (unpaired) electrons. The highest BCUT2D eigenvalue weighted by Gasteiger charge is 2.20. The van der Waals surface area contributed by atoms with Gasteiger partial charge in [-0.25, -0.2) is 4.68 Å². The first-order valence-electron chi connectivity index (χ1n) is 14.5. The van der Waals surface area contributed by atoms with Crippen LogP contribution in [-0.4, -0.2) is 81.9 Å². The number of fused-ring (bicyclic) bond motifs is 5. The number of hydrogen-bond acceptors (Lipinski definition) is 8. The van der Waals surface area contributed by atoms with Gasteiger partial charge in [-0.15, -0.1) is 5.10 Å². The van der Waals surface area contributed by atoms with Crippen molar-refractivity contribution in [2.24, 2.45) is 0 Å². The monoisotopic (exact) mass is 595 g/mol. The lowest BCUT2D eigenvalue weighted by molar-refractivity contribution is -0.137. The number of hydrogen-bond donors (Lipinski definition) is 2. The highest BCUT2D eigenvalue weighted by atomic mass is 16.5. The molecule has 2 aromatic heterocycles. The number of aromatic amines is 1. The summed E-state index contributed by atoms with van der Waals surface area (Å²) in [5, 5.41) is 15.3. The first-order valence-corrected chi connectivity index (χ1v) is 14.5. The lowest BCUT2D eigenvalue weighted by atomic mass is 10.0. The van der Waals surface area contributed by atoms with Gasteiger partial charge in [-0.05, 0) is 76.9 Å². The summed E-state index contributed by atoms with van der Waals surface area (Å²) in [5.41, 5.74) is 5.12. The molecule has 0 spiro atoms. The fourth-order valence-corrected chi connectivity index (χ4v) is 5.34. The van der Waals surface area contributed by atoms with Gasteiger partial charge in [-0.1, -0.05) is 24.3 Å². The lowest BCUT2D eigenvalue weighted by Crippen LogP contribution is -2.43. The van der Waals surface area contributed by atoms with Crippen LogP contribution >= 0.6 is 0 Å². The smallest absolute Gasteiger partial charge is 0.260 e. The molecule has 2 amide bonds. The molecule has 0 unspecified atom stereocenters. The second-order valence-corrected chi connectivity index (χ2v) is 10.4. The van der Waals surface area contributed by atoms with Crippen LogP contribution in [-0.2, 0) is 22.4 Å². The fourth-order valence-electron chi connectivity index (χ4n) is 5.34. The van der Waals surface area contributed by atoms with E-state index in [0.717, 1.165) is 33.4 Å². The van der Waals surface area contributed by atoms with Gasteiger partial charge < -0.3 is 29.4 Å². The Bertz CT molecular complexity index is 1730. The third-order valence-corrected chi connectivity index (χ3v) is 7.54. The molecule has 6 rings (SSSR count). The quantitative estimate of drug-likeness (QED) is 0.316. The molecule has 3 aromatic carbocycles. The van der Waals surface area contributed by atoms with Gasteiger partial charge in [0.2, 0.25) is 5.91 Å². The summed E-state index contributed by atoms with van der Waals surface area (Å²) in [6.07, 6.45) is 3.33. The first kappa shape index (κ1) is 28.7. The molecule has 0 fully saturated rings. The van der Waals surface area contributed by atoms with Gasteiger partial charge >= 0.3 is 0 Å². The Balaban J connectivity index is 1.17. The Morgan fingerprint density at radius 2 is 1.95 bits per heavy atom. The van der Waals surface area contributed by atoms with Gasteiger partial charge in [0.25, 0.3) is 5.91 Å². The van der Waals surface area contributed by atoms with E-state index in [1.165, 1.54) is 15.9 Å². The Morgan fingerprint density at radius 1 is 1.09 bits per heavy atom. The van der Waals surface area contributed by atoms with Gasteiger partial charge in [0.1, 0.15) is 12.1 Å². The van der Waals surface area contributed by atoms with Gasteiger partial charge in [0.15, 0.2) is 18.1 Å². The van der Waals surface area contributed by atoms with Crippen LogP contribution in [0.3, 0.4) is 0 Å². The summed E-state index contributed by atoms with van der Waals surface area (Å²) in [7, 11) is 1.61. The number of tetrazole rings is 1. The third kappa shape index (κ3) is 6.64. The Morgan fingerprint density at radius 3 is 2.77 bits per heavy atom. The van der Waals surface area contributed by atoms with Crippen molar-refractivity contribution in [3.63, 3.8) is 0 Å². The van der Waals surface area contributed by atoms with Crippen LogP contribution in [0.2, 0.25) is 0 Å². The van der Waals surface area contributed by atoms with E-state index in [-0.39, 0.29) is 25.0 Å². The molecular formula is C32H33N7O5. The molecule has 2 N–H and O–H groups in total. The van der Waals surface area contributed by atoms with E-state index in [1.54, 1.807) is 31.4 Å². The van der Waals surface area contributed by atoms with Crippen molar-refractivity contribution >= 4 is 22.7 Å². The van der Waals surface area contributed by atoms with Crippen molar-refractivity contribution in [1.82, 2.24) is 35.4 Å². The number of rotatable bonds is 5. The summed E-state index contributed by atoms with van der Waals surface area (Å²) in [6, 6.07) is 21.2. The maximum absolute atomic E-state index is 13.3. The van der Waals surface area contributed by atoms with Crippen LogP contribution in [0.5, 0.6) is 17.2 Å². The highest BCUT2D eigenvalue weighted by Crippen LogP contribution is 2.31. The first-order chi connectivity index (χ1) is 21.6. The van der Waals surface area contributed by atoms with E-state index in [4.69, 9.17) is 14.2 Å². The van der Waals surface area contributed by atoms with Crippen molar-refractivity contribution in [3.8, 4) is 22.9 Å². The van der Waals surface area contributed by atoms with Crippen LogP contribution in [0.1, 0.15) is 23.2 Å². The minimum absolute atomic E-state index is 0.0834. The van der Waals surface area contributed by atoms with Gasteiger partial charge in [-0.3, -0.25) is 9.59 Å². The summed E-state index contributed by atoms with van der Waals surface area (Å²) in [5.74, 6) is 1.26. The Hall–Kier alpha value is -5.39. The lowest BCUT2D eigenvalue weighted by Gasteiger charge is -2.23. The second kappa shape index (κ2) is 13.3. The molecule has 3 heterocycles. The Labute approximate surface area is 253 Å². The van der Waals surface area contributed by atoms with Gasteiger partial charge in [0.05, 0.1) is 25.9 Å². The van der Waals surface area contributed by atoms with Crippen LogP contribution in [0.15, 0.2) is 73.1 Å². The molecular weight excluding hydrogens is 562 g/mol. The minimum atomic E-state index is -0.302. The van der Waals surface area contributed by atoms with Crippen LogP contribution in [0.4, 0.5) is 0 Å². The normalized spacial score (nSPS) is 14.4. The molecule has 0 aliphatic carbocycles. The molecule has 5 aromatic rings. The zero-order chi connectivity index (χ0) is 30.3. The SMILES string of the molecule is COc1ccc2cc1OCCCN(C(=O)COc1ccc(-n3cnnn3)cc1)CC(=O)NCCc1c([nH]c3ccccc13)C2. The number of para-hydroxylation sites is 1. The van der Waals surface area contributed by atoms with E-state index in [2.05, 4.69) is 38.0 Å². The number of amides is 2. The molecule has 12 heteroatoms. The molecule has 1 aliphatic rings. The number of carbonyl (C=O) groups is 2. The highest BCUT2D eigenvalue weighted by molar-refractivity contribution is 5.86. The van der Waals surface area contributed by atoms with Gasteiger partial charge in [0, 0.05) is 36.1 Å². The van der Waals surface area contributed by atoms with E-state index < -0.39 is 0 Å². The van der Waals surface area contributed by atoms with Crippen LogP contribution in [0.25, 0.3) is 16.6 Å². The molecule has 0 saturated carbocycles. The zero-order valence-corrected chi connectivity index (χ0v) is 24.4. The van der Waals surface area contributed by atoms with E-state index in [1.807, 2.05) is 30.3 Å². The number of nitrogens with one attached hydrogen (secondary N) is 2. The van der Waals surface area contributed by atoms with Crippen molar-refractivity contribution in [3.05, 3.63) is 89.9 Å².